The standard InChI is InChI=1S/C17H17ClN2O3S/c1-2-15(24-12-5-3-4-10(19)8-12)16(21)20-11-6-7-14(18)13(9-11)17(22)23/h3-9,15H,2,19H2,1H3,(H,20,21)(H,22,23). The number of thioether (sulfide) groups is 1. The Balaban J connectivity index is 2.12. The molecule has 1 unspecified atom stereocenters. The maximum atomic E-state index is 12.5. The summed E-state index contributed by atoms with van der Waals surface area (Å²) in [7, 11) is 0. The van der Waals surface area contributed by atoms with Crippen LogP contribution in [0.3, 0.4) is 0 Å². The quantitative estimate of drug-likeness (QED) is 0.529. The van der Waals surface area contributed by atoms with E-state index in [2.05, 4.69) is 5.32 Å². The molecule has 1 amide bonds. The molecule has 0 bridgehead atoms. The van der Waals surface area contributed by atoms with E-state index in [0.29, 0.717) is 17.8 Å². The summed E-state index contributed by atoms with van der Waals surface area (Å²) < 4.78 is 0. The van der Waals surface area contributed by atoms with Crippen LogP contribution in [0.4, 0.5) is 11.4 Å². The fourth-order valence-corrected chi connectivity index (χ4v) is 3.28. The lowest BCUT2D eigenvalue weighted by atomic mass is 10.2. The molecule has 0 fully saturated rings. The summed E-state index contributed by atoms with van der Waals surface area (Å²) in [6.07, 6.45) is 0.616. The van der Waals surface area contributed by atoms with E-state index in [1.54, 1.807) is 12.1 Å². The van der Waals surface area contributed by atoms with Crippen molar-refractivity contribution in [3.05, 3.63) is 53.1 Å². The average Bonchev–Trinajstić information content (AvgIpc) is 2.54. The normalized spacial score (nSPS) is 11.8. The molecule has 0 aromatic heterocycles. The summed E-state index contributed by atoms with van der Waals surface area (Å²) in [5.74, 6) is -1.35. The number of carbonyl (C=O) groups excluding carboxylic acids is 1. The molecule has 1 atom stereocenters. The Labute approximate surface area is 149 Å². The second-order valence-electron chi connectivity index (χ2n) is 5.08. The van der Waals surface area contributed by atoms with Crippen LogP contribution in [0.1, 0.15) is 23.7 Å². The number of halogens is 1. The van der Waals surface area contributed by atoms with Crippen LogP contribution < -0.4 is 11.1 Å². The van der Waals surface area contributed by atoms with Crippen molar-refractivity contribution in [2.24, 2.45) is 0 Å². The van der Waals surface area contributed by atoms with Crippen LogP contribution in [0.25, 0.3) is 0 Å². The molecule has 2 aromatic rings. The van der Waals surface area contributed by atoms with Gasteiger partial charge in [-0.25, -0.2) is 4.79 Å². The Morgan fingerprint density at radius 2 is 2.04 bits per heavy atom. The molecule has 0 aliphatic carbocycles. The molecule has 4 N–H and O–H groups in total. The molecule has 0 saturated heterocycles. The van der Waals surface area contributed by atoms with Crippen molar-refractivity contribution >= 4 is 46.6 Å². The molecule has 126 valence electrons. The van der Waals surface area contributed by atoms with E-state index >= 15 is 0 Å². The van der Waals surface area contributed by atoms with Crippen molar-refractivity contribution in [2.45, 2.75) is 23.5 Å². The van der Waals surface area contributed by atoms with Crippen LogP contribution in [-0.2, 0) is 4.79 Å². The molecule has 24 heavy (non-hydrogen) atoms. The first-order chi connectivity index (χ1) is 11.4. The topological polar surface area (TPSA) is 92.4 Å². The number of benzene rings is 2. The maximum Gasteiger partial charge on any atom is 0.337 e. The number of amides is 1. The fourth-order valence-electron chi connectivity index (χ4n) is 2.06. The van der Waals surface area contributed by atoms with Gasteiger partial charge in [0.2, 0.25) is 5.91 Å². The van der Waals surface area contributed by atoms with Crippen molar-refractivity contribution in [3.63, 3.8) is 0 Å². The number of nitrogens with one attached hydrogen (secondary N) is 1. The minimum absolute atomic E-state index is 0.0500. The van der Waals surface area contributed by atoms with Gasteiger partial charge in [-0.1, -0.05) is 24.6 Å². The second-order valence-corrected chi connectivity index (χ2v) is 6.76. The SMILES string of the molecule is CCC(Sc1cccc(N)c1)C(=O)Nc1ccc(Cl)c(C(=O)O)c1. The van der Waals surface area contributed by atoms with Crippen LogP contribution >= 0.6 is 23.4 Å². The van der Waals surface area contributed by atoms with Gasteiger partial charge in [-0.05, 0) is 42.8 Å². The van der Waals surface area contributed by atoms with Crippen LogP contribution in [0.2, 0.25) is 5.02 Å². The number of hydrogen-bond donors (Lipinski definition) is 3. The van der Waals surface area contributed by atoms with Gasteiger partial charge in [0, 0.05) is 16.3 Å². The van der Waals surface area contributed by atoms with E-state index in [1.807, 2.05) is 25.1 Å². The maximum absolute atomic E-state index is 12.5. The van der Waals surface area contributed by atoms with Crippen LogP contribution in [0, 0.1) is 0 Å². The van der Waals surface area contributed by atoms with Crippen molar-refractivity contribution in [1.82, 2.24) is 0 Å². The van der Waals surface area contributed by atoms with Gasteiger partial charge in [-0.15, -0.1) is 11.8 Å². The first-order valence-electron chi connectivity index (χ1n) is 7.26. The zero-order valence-corrected chi connectivity index (χ0v) is 14.5. The van der Waals surface area contributed by atoms with Gasteiger partial charge in [0.1, 0.15) is 0 Å². The zero-order valence-electron chi connectivity index (χ0n) is 13.0. The number of anilines is 2. The lowest BCUT2D eigenvalue weighted by molar-refractivity contribution is -0.115. The predicted molar refractivity (Wildman–Crippen MR) is 97.8 cm³/mol. The van der Waals surface area contributed by atoms with Gasteiger partial charge in [0.15, 0.2) is 0 Å². The monoisotopic (exact) mass is 364 g/mol. The van der Waals surface area contributed by atoms with Crippen LogP contribution in [0.15, 0.2) is 47.4 Å². The molecule has 0 aliphatic heterocycles. The number of carbonyl (C=O) groups is 2. The minimum Gasteiger partial charge on any atom is -0.478 e. The van der Waals surface area contributed by atoms with E-state index < -0.39 is 5.97 Å². The molecule has 2 rings (SSSR count). The lowest BCUT2D eigenvalue weighted by Gasteiger charge is -2.15. The van der Waals surface area contributed by atoms with Crippen molar-refractivity contribution in [1.29, 1.82) is 0 Å². The summed E-state index contributed by atoms with van der Waals surface area (Å²) in [5, 5.41) is 11.6. The van der Waals surface area contributed by atoms with E-state index in [9.17, 15) is 9.59 Å². The molecular weight excluding hydrogens is 348 g/mol. The van der Waals surface area contributed by atoms with Crippen molar-refractivity contribution < 1.29 is 14.7 Å². The third kappa shape index (κ3) is 4.66. The highest BCUT2D eigenvalue weighted by Gasteiger charge is 2.19. The smallest absolute Gasteiger partial charge is 0.337 e. The van der Waals surface area contributed by atoms with Gasteiger partial charge in [-0.3, -0.25) is 4.79 Å². The number of nitrogens with two attached hydrogens (primary N) is 1. The molecule has 7 heteroatoms. The second kappa shape index (κ2) is 8.08. The van der Waals surface area contributed by atoms with Crippen LogP contribution in [-0.4, -0.2) is 22.2 Å². The third-order valence-electron chi connectivity index (χ3n) is 3.26. The summed E-state index contributed by atoms with van der Waals surface area (Å²) >= 11 is 7.24. The third-order valence-corrected chi connectivity index (χ3v) is 4.95. The van der Waals surface area contributed by atoms with Gasteiger partial charge in [-0.2, -0.15) is 0 Å². The number of nitrogen functional groups attached to an aromatic ring is 1. The van der Waals surface area contributed by atoms with Gasteiger partial charge >= 0.3 is 5.97 Å². The molecule has 0 aliphatic rings. The van der Waals surface area contributed by atoms with Gasteiger partial charge in [0.25, 0.3) is 0 Å². The predicted octanol–water partition coefficient (Wildman–Crippen LogP) is 4.13. The lowest BCUT2D eigenvalue weighted by Crippen LogP contribution is -2.24. The van der Waals surface area contributed by atoms with Gasteiger partial charge in [0.05, 0.1) is 15.8 Å². The highest BCUT2D eigenvalue weighted by Crippen LogP contribution is 2.28. The molecule has 0 radical (unpaired) electrons. The molecule has 2 aromatic carbocycles. The number of rotatable bonds is 6. The molecule has 0 spiro atoms. The highest BCUT2D eigenvalue weighted by molar-refractivity contribution is 8.00. The number of carboxylic acids is 1. The Morgan fingerprint density at radius 3 is 2.67 bits per heavy atom. The Hall–Kier alpha value is -2.18. The largest absolute Gasteiger partial charge is 0.478 e. The Kier molecular flexibility index (Phi) is 6.11. The number of carboxylic acid groups (broad SMARTS) is 1. The van der Waals surface area contributed by atoms with E-state index in [0.717, 1.165) is 4.90 Å². The summed E-state index contributed by atoms with van der Waals surface area (Å²) in [6.45, 7) is 1.91. The Morgan fingerprint density at radius 1 is 1.29 bits per heavy atom. The van der Waals surface area contributed by atoms with E-state index in [4.69, 9.17) is 22.4 Å². The number of aromatic carboxylic acids is 1. The fraction of sp³-hybridized carbons (Fsp3) is 0.176. The molecule has 5 nitrogen and oxygen atoms in total. The van der Waals surface area contributed by atoms with E-state index in [1.165, 1.54) is 23.9 Å². The zero-order chi connectivity index (χ0) is 17.7. The minimum atomic E-state index is -1.14. The van der Waals surface area contributed by atoms with Crippen molar-refractivity contribution in [2.75, 3.05) is 11.1 Å². The molecule has 0 saturated carbocycles. The summed E-state index contributed by atoms with van der Waals surface area (Å²) in [5.41, 5.74) is 6.74. The summed E-state index contributed by atoms with van der Waals surface area (Å²) in [6, 6.07) is 11.7. The molecule has 0 heterocycles. The number of hydrogen-bond acceptors (Lipinski definition) is 4. The average molecular weight is 365 g/mol. The van der Waals surface area contributed by atoms with Gasteiger partial charge < -0.3 is 16.2 Å². The first-order valence-corrected chi connectivity index (χ1v) is 8.52. The van der Waals surface area contributed by atoms with E-state index in [-0.39, 0.29) is 21.7 Å². The molecular formula is C17H17ClN2O3S. The summed E-state index contributed by atoms with van der Waals surface area (Å²) in [4.78, 5) is 24.5. The Bertz CT molecular complexity index is 767. The highest BCUT2D eigenvalue weighted by atomic mass is 35.5. The first kappa shape index (κ1) is 18.2. The van der Waals surface area contributed by atoms with Crippen LogP contribution in [0.5, 0.6) is 0 Å². The van der Waals surface area contributed by atoms with Crippen molar-refractivity contribution in [3.8, 4) is 0 Å².